The Balaban J connectivity index is 1.97. The molecule has 0 atom stereocenters. The van der Waals surface area contributed by atoms with Crippen molar-refractivity contribution in [3.8, 4) is 5.75 Å². The minimum absolute atomic E-state index is 0.384. The highest BCUT2D eigenvalue weighted by atomic mass is 32.2. The fourth-order valence-corrected chi connectivity index (χ4v) is 3.64. The zero-order valence-electron chi connectivity index (χ0n) is 11.9. The summed E-state index contributed by atoms with van der Waals surface area (Å²) in [5, 5.41) is 10.0. The predicted molar refractivity (Wildman–Crippen MR) is 81.7 cm³/mol. The second-order valence-electron chi connectivity index (χ2n) is 5.14. The Morgan fingerprint density at radius 1 is 1.17 bits per heavy atom. The van der Waals surface area contributed by atoms with Gasteiger partial charge in [0.25, 0.3) is 5.91 Å². The van der Waals surface area contributed by atoms with Gasteiger partial charge >= 0.3 is 10.2 Å². The molecule has 0 saturated carbocycles. The van der Waals surface area contributed by atoms with E-state index in [1.54, 1.807) is 4.72 Å². The Bertz CT molecular complexity index is 845. The van der Waals surface area contributed by atoms with E-state index < -0.39 is 39.9 Å². The van der Waals surface area contributed by atoms with Crippen molar-refractivity contribution in [1.29, 1.82) is 0 Å². The maximum Gasteiger partial charge on any atom is 0.326 e. The fourth-order valence-electron chi connectivity index (χ4n) is 2.47. The molecule has 8 heteroatoms. The van der Waals surface area contributed by atoms with Crippen LogP contribution in [0.2, 0.25) is 0 Å². The molecule has 2 aromatic carbocycles. The Labute approximate surface area is 132 Å². The molecule has 1 saturated heterocycles. The van der Waals surface area contributed by atoms with Crippen LogP contribution in [0, 0.1) is 5.82 Å². The van der Waals surface area contributed by atoms with Crippen LogP contribution < -0.4 is 9.03 Å². The monoisotopic (exact) mass is 336 g/mol. The van der Waals surface area contributed by atoms with E-state index in [0.29, 0.717) is 16.3 Å². The molecular formula is C15H13FN2O4S. The van der Waals surface area contributed by atoms with Crippen LogP contribution in [0.1, 0.15) is 11.1 Å². The number of carbonyl (C=O) groups is 1. The van der Waals surface area contributed by atoms with Crippen LogP contribution in [-0.4, -0.2) is 26.0 Å². The molecule has 23 heavy (non-hydrogen) atoms. The first kappa shape index (κ1) is 15.3. The van der Waals surface area contributed by atoms with E-state index in [1.165, 1.54) is 6.07 Å². The van der Waals surface area contributed by atoms with Crippen molar-refractivity contribution >= 4 is 21.8 Å². The minimum Gasteiger partial charge on any atom is -0.506 e. The van der Waals surface area contributed by atoms with E-state index in [0.717, 1.165) is 11.6 Å². The number of halogens is 1. The summed E-state index contributed by atoms with van der Waals surface area (Å²) in [7, 11) is -4.17. The fraction of sp³-hybridized carbons (Fsp3) is 0.133. The summed E-state index contributed by atoms with van der Waals surface area (Å²) in [6.45, 7) is -0.565. The van der Waals surface area contributed by atoms with Crippen molar-refractivity contribution in [2.45, 2.75) is 6.42 Å². The second kappa shape index (κ2) is 5.54. The average Bonchev–Trinajstić information content (AvgIpc) is 2.72. The number of hydrogen-bond acceptors (Lipinski definition) is 4. The molecule has 6 nitrogen and oxygen atoms in total. The van der Waals surface area contributed by atoms with E-state index in [9.17, 15) is 22.7 Å². The van der Waals surface area contributed by atoms with Crippen molar-refractivity contribution in [2.75, 3.05) is 10.8 Å². The quantitative estimate of drug-likeness (QED) is 0.885. The summed E-state index contributed by atoms with van der Waals surface area (Å²) in [6, 6.07) is 11.7. The van der Waals surface area contributed by atoms with Gasteiger partial charge in [0.1, 0.15) is 18.0 Å². The smallest absolute Gasteiger partial charge is 0.326 e. The molecule has 0 unspecified atom stereocenters. The lowest BCUT2D eigenvalue weighted by atomic mass is 10.0. The van der Waals surface area contributed by atoms with Crippen molar-refractivity contribution in [3.63, 3.8) is 0 Å². The summed E-state index contributed by atoms with van der Waals surface area (Å²) in [5.41, 5.74) is 0.885. The van der Waals surface area contributed by atoms with Crippen molar-refractivity contribution < 1.29 is 22.7 Å². The Morgan fingerprint density at radius 3 is 2.43 bits per heavy atom. The van der Waals surface area contributed by atoms with Gasteiger partial charge in [-0.1, -0.05) is 30.3 Å². The highest BCUT2D eigenvalue weighted by Gasteiger charge is 2.37. The molecule has 0 aliphatic carbocycles. The van der Waals surface area contributed by atoms with E-state index >= 15 is 0 Å². The third-order valence-electron chi connectivity index (χ3n) is 3.42. The Kier molecular flexibility index (Phi) is 3.69. The van der Waals surface area contributed by atoms with Gasteiger partial charge < -0.3 is 5.11 Å². The van der Waals surface area contributed by atoms with Gasteiger partial charge in [0.2, 0.25) is 0 Å². The number of rotatable bonds is 3. The van der Waals surface area contributed by atoms with Crippen LogP contribution in [0.15, 0.2) is 42.5 Å². The summed E-state index contributed by atoms with van der Waals surface area (Å²) >= 11 is 0. The van der Waals surface area contributed by atoms with Crippen molar-refractivity contribution in [2.24, 2.45) is 0 Å². The molecule has 0 bridgehead atoms. The van der Waals surface area contributed by atoms with Gasteiger partial charge in [-0.3, -0.25) is 4.79 Å². The third-order valence-corrected chi connectivity index (χ3v) is 4.80. The zero-order chi connectivity index (χ0) is 16.6. The van der Waals surface area contributed by atoms with E-state index in [4.69, 9.17) is 0 Å². The van der Waals surface area contributed by atoms with Gasteiger partial charge in [-0.2, -0.15) is 8.42 Å². The van der Waals surface area contributed by atoms with Gasteiger partial charge in [0.05, 0.1) is 0 Å². The molecule has 1 heterocycles. The molecule has 120 valence electrons. The van der Waals surface area contributed by atoms with Crippen LogP contribution in [0.25, 0.3) is 0 Å². The van der Waals surface area contributed by atoms with Crippen molar-refractivity contribution in [1.82, 2.24) is 4.72 Å². The van der Waals surface area contributed by atoms with Gasteiger partial charge in [0, 0.05) is 0 Å². The molecule has 1 amide bonds. The predicted octanol–water partition coefficient (Wildman–Crippen LogP) is 1.30. The zero-order valence-corrected chi connectivity index (χ0v) is 12.7. The first-order valence-electron chi connectivity index (χ1n) is 6.75. The number of amides is 1. The second-order valence-corrected chi connectivity index (χ2v) is 6.74. The van der Waals surface area contributed by atoms with Crippen LogP contribution in [0.4, 0.5) is 10.1 Å². The van der Waals surface area contributed by atoms with Crippen LogP contribution in [0.5, 0.6) is 5.75 Å². The van der Waals surface area contributed by atoms with Crippen LogP contribution in [0.3, 0.4) is 0 Å². The lowest BCUT2D eigenvalue weighted by Crippen LogP contribution is -2.30. The summed E-state index contributed by atoms with van der Waals surface area (Å²) in [5.74, 6) is -2.22. The summed E-state index contributed by atoms with van der Waals surface area (Å²) < 4.78 is 40.1. The number of phenolic OH excluding ortho intramolecular Hbond substituents is 1. The molecule has 0 aromatic heterocycles. The highest BCUT2D eigenvalue weighted by Crippen LogP contribution is 2.35. The van der Waals surface area contributed by atoms with E-state index in [-0.39, 0.29) is 0 Å². The number of carbonyl (C=O) groups excluding carboxylic acids is 1. The topological polar surface area (TPSA) is 86.7 Å². The molecule has 3 rings (SSSR count). The lowest BCUT2D eigenvalue weighted by molar-refractivity contribution is -0.117. The van der Waals surface area contributed by atoms with Gasteiger partial charge in [-0.05, 0) is 29.7 Å². The first-order chi connectivity index (χ1) is 10.9. The molecule has 1 aliphatic heterocycles. The van der Waals surface area contributed by atoms with Gasteiger partial charge in [-0.25, -0.2) is 13.4 Å². The molecule has 1 fully saturated rings. The standard InChI is InChI=1S/C15H13FN2O4S/c16-12-7-11(6-10-4-2-1-3-5-10)8-13(19)15(12)18-9-14(20)17-23(18,21)22/h1-5,7-8,19H,6,9H2,(H,17,20). The maximum absolute atomic E-state index is 14.3. The first-order valence-corrected chi connectivity index (χ1v) is 8.19. The highest BCUT2D eigenvalue weighted by molar-refractivity contribution is 7.92. The van der Waals surface area contributed by atoms with Crippen molar-refractivity contribution in [3.05, 3.63) is 59.4 Å². The minimum atomic E-state index is -4.17. The van der Waals surface area contributed by atoms with E-state index in [1.807, 2.05) is 30.3 Å². The molecule has 0 radical (unpaired) electrons. The third kappa shape index (κ3) is 2.98. The normalized spacial score (nSPS) is 16.4. The number of aromatic hydroxyl groups is 1. The lowest BCUT2D eigenvalue weighted by Gasteiger charge is -2.17. The molecule has 1 aliphatic rings. The summed E-state index contributed by atoms with van der Waals surface area (Å²) in [6.07, 6.45) is 0.384. The van der Waals surface area contributed by atoms with Crippen LogP contribution >= 0.6 is 0 Å². The molecule has 2 aromatic rings. The molecule has 2 N–H and O–H groups in total. The number of nitrogens with one attached hydrogen (secondary N) is 1. The van der Waals surface area contributed by atoms with Gasteiger partial charge in [-0.15, -0.1) is 0 Å². The largest absolute Gasteiger partial charge is 0.506 e. The van der Waals surface area contributed by atoms with Crippen LogP contribution in [-0.2, 0) is 21.4 Å². The summed E-state index contributed by atoms with van der Waals surface area (Å²) in [4.78, 5) is 11.2. The van der Waals surface area contributed by atoms with E-state index in [2.05, 4.69) is 0 Å². The number of anilines is 1. The maximum atomic E-state index is 14.3. The Morgan fingerprint density at radius 2 is 1.87 bits per heavy atom. The molecular weight excluding hydrogens is 323 g/mol. The number of nitrogens with zero attached hydrogens (tertiary/aromatic N) is 1. The molecule has 0 spiro atoms. The number of benzene rings is 2. The Hall–Kier alpha value is -2.61. The number of hydrogen-bond donors (Lipinski definition) is 2. The SMILES string of the molecule is O=C1CN(c2c(O)cc(Cc3ccccc3)cc2F)S(=O)(=O)N1. The number of phenols is 1. The van der Waals surface area contributed by atoms with Gasteiger partial charge in [0.15, 0.2) is 5.82 Å². The average molecular weight is 336 g/mol.